The van der Waals surface area contributed by atoms with E-state index in [4.69, 9.17) is 14.2 Å². The third-order valence-corrected chi connectivity index (χ3v) is 3.69. The number of rotatable bonds is 8. The molecule has 2 rings (SSSR count). The molecule has 7 heteroatoms. The Hall–Kier alpha value is -1.22. The smallest absolute Gasteiger partial charge is 0.191 e. The van der Waals surface area contributed by atoms with Crippen molar-refractivity contribution in [1.82, 2.24) is 10.6 Å². The number of nitrogens with one attached hydrogen (secondary N) is 2. The van der Waals surface area contributed by atoms with Crippen LogP contribution in [0.4, 0.5) is 0 Å². The molecule has 0 spiro atoms. The maximum atomic E-state index is 5.69. The topological polar surface area (TPSA) is 64.1 Å². The third-order valence-electron chi connectivity index (χ3n) is 3.69. The highest BCUT2D eigenvalue weighted by molar-refractivity contribution is 14.0. The first-order chi connectivity index (χ1) is 11.3. The van der Waals surface area contributed by atoms with Crippen molar-refractivity contribution in [2.45, 2.75) is 25.4 Å². The van der Waals surface area contributed by atoms with Crippen molar-refractivity contribution < 1.29 is 14.2 Å². The van der Waals surface area contributed by atoms with E-state index >= 15 is 0 Å². The van der Waals surface area contributed by atoms with Crippen LogP contribution in [-0.2, 0) is 4.74 Å². The van der Waals surface area contributed by atoms with Crippen molar-refractivity contribution in [3.8, 4) is 11.5 Å². The minimum Gasteiger partial charge on any atom is -0.497 e. The van der Waals surface area contributed by atoms with Crippen molar-refractivity contribution >= 4 is 29.9 Å². The van der Waals surface area contributed by atoms with Gasteiger partial charge in [-0.3, -0.25) is 4.99 Å². The Balaban J connectivity index is 0.00000288. The summed E-state index contributed by atoms with van der Waals surface area (Å²) < 4.78 is 16.4. The van der Waals surface area contributed by atoms with Gasteiger partial charge in [-0.1, -0.05) is 0 Å². The molecule has 1 aromatic rings. The van der Waals surface area contributed by atoms with Crippen LogP contribution in [0.2, 0.25) is 0 Å². The Morgan fingerprint density at radius 2 is 2.00 bits per heavy atom. The van der Waals surface area contributed by atoms with E-state index in [-0.39, 0.29) is 24.0 Å². The normalized spacial score (nSPS) is 17.1. The minimum atomic E-state index is 0. The van der Waals surface area contributed by atoms with Gasteiger partial charge < -0.3 is 24.8 Å². The number of ether oxygens (including phenoxy) is 3. The van der Waals surface area contributed by atoms with Crippen molar-refractivity contribution in [1.29, 1.82) is 0 Å². The van der Waals surface area contributed by atoms with Crippen LogP contribution >= 0.6 is 24.0 Å². The number of nitrogens with zero attached hydrogens (tertiary/aromatic N) is 1. The quantitative estimate of drug-likeness (QED) is 0.276. The van der Waals surface area contributed by atoms with Crippen molar-refractivity contribution in [2.24, 2.45) is 4.99 Å². The van der Waals surface area contributed by atoms with Crippen LogP contribution < -0.4 is 20.1 Å². The lowest BCUT2D eigenvalue weighted by Crippen LogP contribution is -2.41. The molecule has 1 aliphatic heterocycles. The molecule has 1 aliphatic rings. The van der Waals surface area contributed by atoms with Crippen LogP contribution in [0.5, 0.6) is 11.5 Å². The van der Waals surface area contributed by atoms with Crippen molar-refractivity contribution in [3.63, 3.8) is 0 Å². The fraction of sp³-hybridized carbons (Fsp3) is 0.588. The molecule has 0 saturated carbocycles. The Kier molecular flexibility index (Phi) is 10.6. The van der Waals surface area contributed by atoms with Gasteiger partial charge in [0, 0.05) is 26.7 Å². The summed E-state index contributed by atoms with van der Waals surface area (Å²) in [5.74, 6) is 2.50. The lowest BCUT2D eigenvalue weighted by atomic mass is 10.2. The minimum absolute atomic E-state index is 0. The van der Waals surface area contributed by atoms with Gasteiger partial charge in [0.1, 0.15) is 11.5 Å². The third kappa shape index (κ3) is 7.57. The summed E-state index contributed by atoms with van der Waals surface area (Å²) in [5, 5.41) is 6.57. The molecule has 6 nitrogen and oxygen atoms in total. The molecule has 0 bridgehead atoms. The first kappa shape index (κ1) is 20.8. The number of methoxy groups -OCH3 is 1. The monoisotopic (exact) mass is 449 g/mol. The number of halogens is 1. The van der Waals surface area contributed by atoms with Crippen LogP contribution in [0.3, 0.4) is 0 Å². The van der Waals surface area contributed by atoms with E-state index in [1.807, 2.05) is 24.3 Å². The standard InChI is InChI=1S/C17H27N3O3.HI/c1-18-17(20-13-16-5-3-11-23-16)19-10-4-12-22-15-8-6-14(21-2)7-9-15;/h6-9,16H,3-5,10-13H2,1-2H3,(H2,18,19,20);1H. The summed E-state index contributed by atoms with van der Waals surface area (Å²) in [6.07, 6.45) is 3.49. The molecule has 1 atom stereocenters. The Morgan fingerprint density at radius 1 is 1.25 bits per heavy atom. The zero-order valence-electron chi connectivity index (χ0n) is 14.4. The second-order valence-corrected chi connectivity index (χ2v) is 5.39. The summed E-state index contributed by atoms with van der Waals surface area (Å²) >= 11 is 0. The highest BCUT2D eigenvalue weighted by atomic mass is 127. The number of benzene rings is 1. The fourth-order valence-electron chi connectivity index (χ4n) is 2.38. The molecule has 1 heterocycles. The molecule has 1 unspecified atom stereocenters. The zero-order valence-corrected chi connectivity index (χ0v) is 16.7. The summed E-state index contributed by atoms with van der Waals surface area (Å²) in [5.41, 5.74) is 0. The van der Waals surface area contributed by atoms with Gasteiger partial charge in [0.15, 0.2) is 5.96 Å². The van der Waals surface area contributed by atoms with Gasteiger partial charge in [0.25, 0.3) is 0 Å². The average molecular weight is 449 g/mol. The summed E-state index contributed by atoms with van der Waals surface area (Å²) in [4.78, 5) is 4.21. The second-order valence-electron chi connectivity index (χ2n) is 5.39. The molecule has 0 aromatic heterocycles. The number of hydrogen-bond donors (Lipinski definition) is 2. The molecule has 1 fully saturated rings. The van der Waals surface area contributed by atoms with E-state index in [1.54, 1.807) is 14.2 Å². The molecular formula is C17H28IN3O3. The first-order valence-electron chi connectivity index (χ1n) is 8.15. The number of guanidine groups is 1. The van der Waals surface area contributed by atoms with Gasteiger partial charge in [-0.05, 0) is 43.5 Å². The van der Waals surface area contributed by atoms with Crippen molar-refractivity contribution in [2.75, 3.05) is 40.5 Å². The van der Waals surface area contributed by atoms with E-state index in [0.717, 1.165) is 56.4 Å². The molecule has 0 amide bonds. The molecule has 1 aromatic carbocycles. The van der Waals surface area contributed by atoms with Crippen LogP contribution in [-0.4, -0.2) is 52.5 Å². The van der Waals surface area contributed by atoms with E-state index in [1.165, 1.54) is 0 Å². The molecular weight excluding hydrogens is 421 g/mol. The Bertz CT molecular complexity index is 476. The zero-order chi connectivity index (χ0) is 16.3. The highest BCUT2D eigenvalue weighted by Crippen LogP contribution is 2.16. The van der Waals surface area contributed by atoms with Gasteiger partial charge in [-0.15, -0.1) is 24.0 Å². The van der Waals surface area contributed by atoms with Crippen LogP contribution in [0.1, 0.15) is 19.3 Å². The predicted octanol–water partition coefficient (Wildman–Crippen LogP) is 2.43. The fourth-order valence-corrected chi connectivity index (χ4v) is 2.38. The summed E-state index contributed by atoms with van der Waals surface area (Å²) in [6.45, 7) is 3.15. The van der Waals surface area contributed by atoms with Gasteiger partial charge in [-0.25, -0.2) is 0 Å². The van der Waals surface area contributed by atoms with Crippen LogP contribution in [0, 0.1) is 0 Å². The second kappa shape index (κ2) is 12.2. The largest absolute Gasteiger partial charge is 0.497 e. The van der Waals surface area contributed by atoms with Crippen LogP contribution in [0.15, 0.2) is 29.3 Å². The summed E-state index contributed by atoms with van der Waals surface area (Å²) in [6, 6.07) is 7.61. The Labute approximate surface area is 161 Å². The van der Waals surface area contributed by atoms with E-state index in [0.29, 0.717) is 12.7 Å². The Morgan fingerprint density at radius 3 is 2.62 bits per heavy atom. The van der Waals surface area contributed by atoms with E-state index in [9.17, 15) is 0 Å². The molecule has 2 N–H and O–H groups in total. The summed E-state index contributed by atoms with van der Waals surface area (Å²) in [7, 11) is 3.43. The molecule has 0 radical (unpaired) electrons. The maximum Gasteiger partial charge on any atom is 0.191 e. The first-order valence-corrected chi connectivity index (χ1v) is 8.15. The van der Waals surface area contributed by atoms with E-state index in [2.05, 4.69) is 15.6 Å². The predicted molar refractivity (Wildman–Crippen MR) is 107 cm³/mol. The van der Waals surface area contributed by atoms with E-state index < -0.39 is 0 Å². The number of hydrogen-bond acceptors (Lipinski definition) is 4. The SMILES string of the molecule is CN=C(NCCCOc1ccc(OC)cc1)NCC1CCCO1.I. The molecule has 24 heavy (non-hydrogen) atoms. The van der Waals surface area contributed by atoms with Crippen molar-refractivity contribution in [3.05, 3.63) is 24.3 Å². The molecule has 0 aliphatic carbocycles. The maximum absolute atomic E-state index is 5.69. The lowest BCUT2D eigenvalue weighted by Gasteiger charge is -2.15. The molecule has 1 saturated heterocycles. The van der Waals surface area contributed by atoms with Gasteiger partial charge in [-0.2, -0.15) is 0 Å². The van der Waals surface area contributed by atoms with Gasteiger partial charge >= 0.3 is 0 Å². The number of aliphatic imine (C=N–C) groups is 1. The average Bonchev–Trinajstić information content (AvgIpc) is 3.11. The van der Waals surface area contributed by atoms with Gasteiger partial charge in [0.05, 0.1) is 19.8 Å². The molecule has 136 valence electrons. The van der Waals surface area contributed by atoms with Gasteiger partial charge in [0.2, 0.25) is 0 Å². The van der Waals surface area contributed by atoms with Crippen LogP contribution in [0.25, 0.3) is 0 Å². The lowest BCUT2D eigenvalue weighted by molar-refractivity contribution is 0.114. The highest BCUT2D eigenvalue weighted by Gasteiger charge is 2.15.